The van der Waals surface area contributed by atoms with Crippen LogP contribution in [0, 0.1) is 6.92 Å². The van der Waals surface area contributed by atoms with Crippen molar-refractivity contribution in [1.29, 1.82) is 0 Å². The Hall–Kier alpha value is -3.40. The van der Waals surface area contributed by atoms with Gasteiger partial charge in [0.1, 0.15) is 0 Å². The van der Waals surface area contributed by atoms with E-state index in [1.54, 1.807) is 0 Å². The number of benzene rings is 2. The van der Waals surface area contributed by atoms with E-state index in [2.05, 4.69) is 0 Å². The summed E-state index contributed by atoms with van der Waals surface area (Å²) >= 11 is 0. The van der Waals surface area contributed by atoms with Crippen molar-refractivity contribution in [2.45, 2.75) is 26.3 Å². The molecule has 0 atom stereocenters. The van der Waals surface area contributed by atoms with E-state index in [1.165, 1.54) is 0 Å². The number of amides is 1. The van der Waals surface area contributed by atoms with E-state index < -0.39 is 0 Å². The number of aryl methyl sites for hydroxylation is 1. The molecule has 152 valence electrons. The van der Waals surface area contributed by atoms with E-state index in [-0.39, 0.29) is 11.7 Å². The number of carbonyl (C=O) groups is 2. The fourth-order valence-corrected chi connectivity index (χ4v) is 3.81. The van der Waals surface area contributed by atoms with Crippen molar-refractivity contribution >= 4 is 17.8 Å². The lowest BCUT2D eigenvalue weighted by Gasteiger charge is -2.15. The summed E-state index contributed by atoms with van der Waals surface area (Å²) in [5, 5.41) is 0. The highest BCUT2D eigenvalue weighted by molar-refractivity contribution is 6.08. The van der Waals surface area contributed by atoms with Crippen LogP contribution < -0.4 is 0 Å². The van der Waals surface area contributed by atoms with Gasteiger partial charge in [-0.15, -0.1) is 0 Å². The number of ketones is 1. The van der Waals surface area contributed by atoms with Gasteiger partial charge in [-0.1, -0.05) is 54.1 Å². The summed E-state index contributed by atoms with van der Waals surface area (Å²) in [7, 11) is 0. The molecule has 4 rings (SSSR count). The molecule has 0 unspecified atom stereocenters. The van der Waals surface area contributed by atoms with Gasteiger partial charge in [-0.25, -0.2) is 0 Å². The molecule has 30 heavy (non-hydrogen) atoms. The minimum atomic E-state index is 0.0200. The molecule has 4 nitrogen and oxygen atoms in total. The monoisotopic (exact) mass is 398 g/mol. The normalized spacial score (nSPS) is 13.8. The van der Waals surface area contributed by atoms with Gasteiger partial charge in [-0.05, 0) is 49.6 Å². The topological polar surface area (TPSA) is 42.3 Å². The molecule has 1 amide bonds. The van der Waals surface area contributed by atoms with Crippen LogP contribution in [0.15, 0.2) is 72.9 Å². The molecule has 0 radical (unpaired) electrons. The van der Waals surface area contributed by atoms with Crippen LogP contribution in [0.3, 0.4) is 0 Å². The molecule has 0 saturated carbocycles. The maximum Gasteiger partial charge on any atom is 0.253 e. The fourth-order valence-electron chi connectivity index (χ4n) is 3.81. The smallest absolute Gasteiger partial charge is 0.253 e. The summed E-state index contributed by atoms with van der Waals surface area (Å²) < 4.78 is 1.94. The van der Waals surface area contributed by atoms with Crippen LogP contribution in [0.25, 0.3) is 6.08 Å². The fraction of sp³-hybridized carbons (Fsp3) is 0.231. The molecule has 1 fully saturated rings. The second kappa shape index (κ2) is 8.95. The molecule has 0 aliphatic carbocycles. The third kappa shape index (κ3) is 4.43. The molecule has 2 aromatic carbocycles. The van der Waals surface area contributed by atoms with Gasteiger partial charge in [0.05, 0.1) is 5.69 Å². The zero-order chi connectivity index (χ0) is 20.9. The largest absolute Gasteiger partial charge is 0.341 e. The van der Waals surface area contributed by atoms with Gasteiger partial charge >= 0.3 is 0 Å². The molecule has 1 aliphatic heterocycles. The van der Waals surface area contributed by atoms with Crippen molar-refractivity contribution in [2.24, 2.45) is 0 Å². The van der Waals surface area contributed by atoms with Crippen LogP contribution in [-0.4, -0.2) is 34.2 Å². The summed E-state index contributed by atoms with van der Waals surface area (Å²) in [6.07, 6.45) is 8.11. The molecule has 1 aromatic heterocycles. The third-order valence-electron chi connectivity index (χ3n) is 5.52. The molecular formula is C26H26N2O2. The number of nitrogens with zero attached hydrogens (tertiary/aromatic N) is 2. The molecule has 0 N–H and O–H groups in total. The van der Waals surface area contributed by atoms with Gasteiger partial charge in [0.15, 0.2) is 0 Å². The van der Waals surface area contributed by atoms with E-state index in [0.29, 0.717) is 17.8 Å². The van der Waals surface area contributed by atoms with Crippen LogP contribution >= 0.6 is 0 Å². The second-order valence-electron chi connectivity index (χ2n) is 7.77. The molecule has 1 aliphatic rings. The Morgan fingerprint density at radius 1 is 0.933 bits per heavy atom. The Kier molecular flexibility index (Phi) is 5.94. The first-order chi connectivity index (χ1) is 14.6. The van der Waals surface area contributed by atoms with E-state index >= 15 is 0 Å². The Bertz CT molecular complexity index is 1070. The first-order valence-corrected chi connectivity index (χ1v) is 10.4. The van der Waals surface area contributed by atoms with E-state index in [9.17, 15) is 9.59 Å². The number of likely N-dealkylation sites (tertiary alicyclic amines) is 1. The number of allylic oxidation sites excluding steroid dienone is 1. The first kappa shape index (κ1) is 19.9. The van der Waals surface area contributed by atoms with Crippen molar-refractivity contribution < 1.29 is 9.59 Å². The molecule has 4 heteroatoms. The van der Waals surface area contributed by atoms with Crippen molar-refractivity contribution in [3.05, 3.63) is 101 Å². The van der Waals surface area contributed by atoms with Gasteiger partial charge in [0.25, 0.3) is 5.91 Å². The van der Waals surface area contributed by atoms with Crippen molar-refractivity contribution in [2.75, 3.05) is 13.1 Å². The van der Waals surface area contributed by atoms with E-state index in [1.807, 2.05) is 95.4 Å². The first-order valence-electron chi connectivity index (χ1n) is 10.4. The lowest BCUT2D eigenvalue weighted by Crippen LogP contribution is -2.27. The van der Waals surface area contributed by atoms with Gasteiger partial charge < -0.3 is 9.47 Å². The maximum absolute atomic E-state index is 12.8. The number of rotatable bonds is 6. The minimum absolute atomic E-state index is 0.0200. The lowest BCUT2D eigenvalue weighted by molar-refractivity contribution is 0.0792. The highest BCUT2D eigenvalue weighted by Gasteiger charge is 2.19. The average Bonchev–Trinajstić information content (AvgIpc) is 3.46. The van der Waals surface area contributed by atoms with Crippen LogP contribution in [0.4, 0.5) is 0 Å². The van der Waals surface area contributed by atoms with E-state index in [0.717, 1.165) is 42.6 Å². The second-order valence-corrected chi connectivity index (χ2v) is 7.77. The summed E-state index contributed by atoms with van der Waals surface area (Å²) in [5.41, 5.74) is 4.21. The van der Waals surface area contributed by atoms with Gasteiger partial charge in [-0.2, -0.15) is 0 Å². The van der Waals surface area contributed by atoms with Crippen molar-refractivity contribution in [1.82, 2.24) is 9.47 Å². The number of hydrogen-bond donors (Lipinski definition) is 0. The highest BCUT2D eigenvalue weighted by atomic mass is 16.2. The summed E-state index contributed by atoms with van der Waals surface area (Å²) in [6.45, 7) is 4.30. The summed E-state index contributed by atoms with van der Waals surface area (Å²) in [4.78, 5) is 27.3. The minimum Gasteiger partial charge on any atom is -0.341 e. The van der Waals surface area contributed by atoms with Crippen molar-refractivity contribution in [3.8, 4) is 0 Å². The average molecular weight is 399 g/mol. The molecule has 2 heterocycles. The standard InChI is InChI=1S/C26H26N2O2/c1-20-11-13-22(14-12-20)25(29)24-10-6-18-27(24)17-5-8-21-7-4-9-23(19-21)26(30)28-15-2-3-16-28/h4-14,18-19H,2-3,15-17H2,1H3/b8-5+. The zero-order valence-electron chi connectivity index (χ0n) is 17.3. The van der Waals surface area contributed by atoms with Gasteiger partial charge in [0, 0.05) is 37.0 Å². The molecule has 3 aromatic rings. The molecule has 0 spiro atoms. The Morgan fingerprint density at radius 3 is 2.47 bits per heavy atom. The SMILES string of the molecule is Cc1ccc(C(=O)c2cccn2C/C=C/c2cccc(C(=O)N3CCCC3)c2)cc1. The zero-order valence-corrected chi connectivity index (χ0v) is 17.3. The quantitative estimate of drug-likeness (QED) is 0.550. The summed E-state index contributed by atoms with van der Waals surface area (Å²) in [5.74, 6) is 0.130. The molecule has 1 saturated heterocycles. The van der Waals surface area contributed by atoms with Gasteiger partial charge in [0.2, 0.25) is 5.78 Å². The van der Waals surface area contributed by atoms with Gasteiger partial charge in [-0.3, -0.25) is 9.59 Å². The van der Waals surface area contributed by atoms with E-state index in [4.69, 9.17) is 0 Å². The predicted molar refractivity (Wildman–Crippen MR) is 120 cm³/mol. The van der Waals surface area contributed by atoms with Crippen LogP contribution in [0.5, 0.6) is 0 Å². The van der Waals surface area contributed by atoms with Crippen LogP contribution in [0.2, 0.25) is 0 Å². The number of carbonyl (C=O) groups excluding carboxylic acids is 2. The Morgan fingerprint density at radius 2 is 1.70 bits per heavy atom. The Balaban J connectivity index is 1.45. The third-order valence-corrected chi connectivity index (χ3v) is 5.52. The predicted octanol–water partition coefficient (Wildman–Crippen LogP) is 4.98. The number of hydrogen-bond acceptors (Lipinski definition) is 2. The lowest BCUT2D eigenvalue weighted by atomic mass is 10.1. The summed E-state index contributed by atoms with van der Waals surface area (Å²) in [6, 6.07) is 19.1. The van der Waals surface area contributed by atoms with Crippen LogP contribution in [0.1, 0.15) is 50.4 Å². The molecular weight excluding hydrogens is 372 g/mol. The van der Waals surface area contributed by atoms with Crippen molar-refractivity contribution in [3.63, 3.8) is 0 Å². The molecule has 0 bridgehead atoms. The Labute approximate surface area is 177 Å². The number of aromatic nitrogens is 1. The maximum atomic E-state index is 12.8. The van der Waals surface area contributed by atoms with Crippen LogP contribution in [-0.2, 0) is 6.54 Å². The highest BCUT2D eigenvalue weighted by Crippen LogP contribution is 2.16.